The standard InChI is InChI=1S/C18H19N3O3/c1-2-9-21-12-19-11-14(21)10-13(7-8-17(22)23)18-20-15-5-3-4-6-16(15)24-18/h3-6,10-12H,2,7-9H2,1H3,(H,22,23)/b13-10-. The molecule has 0 amide bonds. The zero-order valence-corrected chi connectivity index (χ0v) is 13.5. The normalized spacial score (nSPS) is 12.0. The number of carboxylic acid groups (broad SMARTS) is 1. The zero-order valence-electron chi connectivity index (χ0n) is 13.5. The van der Waals surface area contributed by atoms with Crippen LogP contribution in [-0.2, 0) is 11.3 Å². The maximum Gasteiger partial charge on any atom is 0.303 e. The largest absolute Gasteiger partial charge is 0.481 e. The van der Waals surface area contributed by atoms with Crippen molar-refractivity contribution in [3.05, 3.63) is 48.4 Å². The SMILES string of the molecule is CCCn1cncc1/C=C(/CCC(=O)O)c1nc2ccccc2o1. The van der Waals surface area contributed by atoms with Crippen molar-refractivity contribution in [2.24, 2.45) is 0 Å². The predicted molar refractivity (Wildman–Crippen MR) is 91.3 cm³/mol. The van der Waals surface area contributed by atoms with E-state index < -0.39 is 5.97 Å². The summed E-state index contributed by atoms with van der Waals surface area (Å²) in [4.78, 5) is 19.6. The number of rotatable bonds is 7. The van der Waals surface area contributed by atoms with Crippen LogP contribution in [0.3, 0.4) is 0 Å². The number of aliphatic carboxylic acids is 1. The molecule has 0 aliphatic carbocycles. The van der Waals surface area contributed by atoms with Crippen LogP contribution in [0, 0.1) is 0 Å². The van der Waals surface area contributed by atoms with Crippen molar-refractivity contribution in [1.82, 2.24) is 14.5 Å². The zero-order chi connectivity index (χ0) is 16.9. The number of carbonyl (C=O) groups is 1. The molecule has 0 aliphatic rings. The van der Waals surface area contributed by atoms with Crippen LogP contribution in [0.25, 0.3) is 22.7 Å². The number of para-hydroxylation sites is 2. The highest BCUT2D eigenvalue weighted by atomic mass is 16.4. The average molecular weight is 325 g/mol. The Morgan fingerprint density at radius 3 is 2.92 bits per heavy atom. The first-order valence-electron chi connectivity index (χ1n) is 7.96. The lowest BCUT2D eigenvalue weighted by molar-refractivity contribution is -0.136. The summed E-state index contributed by atoms with van der Waals surface area (Å²) in [5, 5.41) is 9.02. The molecule has 2 aromatic heterocycles. The minimum absolute atomic E-state index is 0.0203. The van der Waals surface area contributed by atoms with Gasteiger partial charge in [-0.3, -0.25) is 4.79 Å². The summed E-state index contributed by atoms with van der Waals surface area (Å²) in [6.45, 7) is 2.95. The van der Waals surface area contributed by atoms with E-state index in [1.807, 2.05) is 34.9 Å². The number of fused-ring (bicyclic) bond motifs is 1. The molecule has 1 aromatic carbocycles. The Morgan fingerprint density at radius 1 is 1.33 bits per heavy atom. The molecule has 3 rings (SSSR count). The van der Waals surface area contributed by atoms with Gasteiger partial charge in [-0.1, -0.05) is 19.1 Å². The van der Waals surface area contributed by atoms with Gasteiger partial charge >= 0.3 is 5.97 Å². The summed E-state index contributed by atoms with van der Waals surface area (Å²) in [6, 6.07) is 7.50. The Balaban J connectivity index is 2.00. The summed E-state index contributed by atoms with van der Waals surface area (Å²) in [6.07, 6.45) is 6.81. The van der Waals surface area contributed by atoms with Crippen molar-refractivity contribution < 1.29 is 14.3 Å². The van der Waals surface area contributed by atoms with Crippen LogP contribution >= 0.6 is 0 Å². The topological polar surface area (TPSA) is 81.2 Å². The molecule has 1 N–H and O–H groups in total. The van der Waals surface area contributed by atoms with E-state index in [1.165, 1.54) is 0 Å². The number of hydrogen-bond donors (Lipinski definition) is 1. The molecule has 0 unspecified atom stereocenters. The van der Waals surface area contributed by atoms with Crippen molar-refractivity contribution in [2.45, 2.75) is 32.7 Å². The molecule has 0 fully saturated rings. The Labute approximate surface area is 139 Å². The van der Waals surface area contributed by atoms with Gasteiger partial charge in [0.05, 0.1) is 18.2 Å². The van der Waals surface area contributed by atoms with Crippen LogP contribution in [0.1, 0.15) is 37.8 Å². The van der Waals surface area contributed by atoms with E-state index in [9.17, 15) is 4.79 Å². The van der Waals surface area contributed by atoms with Gasteiger partial charge in [0, 0.05) is 18.5 Å². The van der Waals surface area contributed by atoms with Crippen LogP contribution in [0.15, 0.2) is 41.2 Å². The average Bonchev–Trinajstić information content (AvgIpc) is 3.18. The third-order valence-electron chi connectivity index (χ3n) is 3.71. The molecule has 3 aromatic rings. The maximum absolute atomic E-state index is 11.0. The number of carboxylic acids is 1. The van der Waals surface area contributed by atoms with E-state index >= 15 is 0 Å². The molecule has 0 saturated carbocycles. The fourth-order valence-electron chi connectivity index (χ4n) is 2.55. The second-order valence-electron chi connectivity index (χ2n) is 5.56. The number of allylic oxidation sites excluding steroid dienone is 1. The minimum atomic E-state index is -0.848. The van der Waals surface area contributed by atoms with E-state index in [0.717, 1.165) is 29.7 Å². The summed E-state index contributed by atoms with van der Waals surface area (Å²) in [5.41, 5.74) is 3.12. The molecule has 0 radical (unpaired) electrons. The van der Waals surface area contributed by atoms with E-state index in [0.29, 0.717) is 17.9 Å². The highest BCUT2D eigenvalue weighted by Gasteiger charge is 2.13. The van der Waals surface area contributed by atoms with Gasteiger partial charge in [-0.25, -0.2) is 9.97 Å². The van der Waals surface area contributed by atoms with Gasteiger partial charge in [0.25, 0.3) is 0 Å². The van der Waals surface area contributed by atoms with Crippen molar-refractivity contribution in [1.29, 1.82) is 0 Å². The lowest BCUT2D eigenvalue weighted by atomic mass is 10.1. The van der Waals surface area contributed by atoms with E-state index in [1.54, 1.807) is 12.5 Å². The fourth-order valence-corrected chi connectivity index (χ4v) is 2.55. The lowest BCUT2D eigenvalue weighted by Crippen LogP contribution is -1.99. The van der Waals surface area contributed by atoms with Gasteiger partial charge in [0.1, 0.15) is 5.52 Å². The van der Waals surface area contributed by atoms with Crippen molar-refractivity contribution >= 4 is 28.7 Å². The third-order valence-corrected chi connectivity index (χ3v) is 3.71. The second-order valence-corrected chi connectivity index (χ2v) is 5.56. The molecule has 0 bridgehead atoms. The lowest BCUT2D eigenvalue weighted by Gasteiger charge is -2.05. The van der Waals surface area contributed by atoms with Gasteiger partial charge in [0.2, 0.25) is 5.89 Å². The molecule has 0 saturated heterocycles. The van der Waals surface area contributed by atoms with E-state index in [2.05, 4.69) is 16.9 Å². The quantitative estimate of drug-likeness (QED) is 0.714. The molecule has 6 nitrogen and oxygen atoms in total. The first-order valence-corrected chi connectivity index (χ1v) is 7.96. The van der Waals surface area contributed by atoms with Gasteiger partial charge in [-0.05, 0) is 31.1 Å². The molecule has 2 heterocycles. The van der Waals surface area contributed by atoms with Crippen LogP contribution in [0.2, 0.25) is 0 Å². The summed E-state index contributed by atoms with van der Waals surface area (Å²) in [7, 11) is 0. The highest BCUT2D eigenvalue weighted by molar-refractivity contribution is 5.83. The van der Waals surface area contributed by atoms with E-state index in [-0.39, 0.29) is 6.42 Å². The Morgan fingerprint density at radius 2 is 2.17 bits per heavy atom. The Kier molecular flexibility index (Phi) is 4.74. The summed E-state index contributed by atoms with van der Waals surface area (Å²) in [5.74, 6) is -0.388. The van der Waals surface area contributed by atoms with Gasteiger partial charge < -0.3 is 14.1 Å². The number of oxazole rings is 1. The summed E-state index contributed by atoms with van der Waals surface area (Å²) < 4.78 is 7.84. The van der Waals surface area contributed by atoms with Crippen LogP contribution in [0.4, 0.5) is 0 Å². The molecule has 0 atom stereocenters. The number of imidazole rings is 1. The second kappa shape index (κ2) is 7.12. The van der Waals surface area contributed by atoms with Crippen molar-refractivity contribution in [3.63, 3.8) is 0 Å². The number of nitrogens with zero attached hydrogens (tertiary/aromatic N) is 3. The maximum atomic E-state index is 11.0. The van der Waals surface area contributed by atoms with Crippen LogP contribution < -0.4 is 0 Å². The third kappa shape index (κ3) is 3.53. The summed E-state index contributed by atoms with van der Waals surface area (Å²) >= 11 is 0. The molecular formula is C18H19N3O3. The molecule has 124 valence electrons. The van der Waals surface area contributed by atoms with Crippen LogP contribution in [-0.4, -0.2) is 25.6 Å². The van der Waals surface area contributed by atoms with Crippen molar-refractivity contribution in [3.8, 4) is 0 Å². The Hall–Kier alpha value is -2.89. The smallest absolute Gasteiger partial charge is 0.303 e. The number of aromatic nitrogens is 3. The van der Waals surface area contributed by atoms with E-state index in [4.69, 9.17) is 9.52 Å². The molecular weight excluding hydrogens is 306 g/mol. The van der Waals surface area contributed by atoms with Gasteiger partial charge in [0.15, 0.2) is 5.58 Å². The predicted octanol–water partition coefficient (Wildman–Crippen LogP) is 3.84. The molecule has 0 spiro atoms. The molecule has 6 heteroatoms. The van der Waals surface area contributed by atoms with Gasteiger partial charge in [-0.15, -0.1) is 0 Å². The number of hydrogen-bond acceptors (Lipinski definition) is 4. The highest BCUT2D eigenvalue weighted by Crippen LogP contribution is 2.26. The Bertz CT molecular complexity index is 843. The number of benzene rings is 1. The minimum Gasteiger partial charge on any atom is -0.481 e. The van der Waals surface area contributed by atoms with Gasteiger partial charge in [-0.2, -0.15) is 0 Å². The first-order chi connectivity index (χ1) is 11.7. The molecule has 24 heavy (non-hydrogen) atoms. The monoisotopic (exact) mass is 325 g/mol. The van der Waals surface area contributed by atoms with Crippen molar-refractivity contribution in [2.75, 3.05) is 0 Å². The molecule has 0 aliphatic heterocycles. The first kappa shape index (κ1) is 16.0. The fraction of sp³-hybridized carbons (Fsp3) is 0.278. The number of aryl methyl sites for hydroxylation is 1. The van der Waals surface area contributed by atoms with Crippen LogP contribution in [0.5, 0.6) is 0 Å².